The van der Waals surface area contributed by atoms with Crippen LogP contribution in [0.4, 0.5) is 0 Å². The van der Waals surface area contributed by atoms with Crippen molar-refractivity contribution in [1.82, 2.24) is 13.9 Å². The van der Waals surface area contributed by atoms with Gasteiger partial charge in [-0.3, -0.25) is 0 Å². The zero-order chi connectivity index (χ0) is 12.3. The summed E-state index contributed by atoms with van der Waals surface area (Å²) in [6.45, 7) is 5.70. The molecule has 6 heteroatoms. The lowest BCUT2D eigenvalue weighted by Crippen LogP contribution is -2.52. The zero-order valence-electron chi connectivity index (χ0n) is 10.6. The van der Waals surface area contributed by atoms with Gasteiger partial charge in [-0.25, -0.2) is 0 Å². The van der Waals surface area contributed by atoms with Crippen LogP contribution in [0.5, 0.6) is 0 Å². The Hall–Kier alpha value is -0.170. The molecule has 2 heterocycles. The fraction of sp³-hybridized carbons (Fsp3) is 1.00. The van der Waals surface area contributed by atoms with E-state index in [0.717, 1.165) is 38.8 Å². The average molecular weight is 261 g/mol. The molecule has 1 N–H and O–H groups in total. The third-order valence-corrected chi connectivity index (χ3v) is 5.84. The molecule has 0 amide bonds. The lowest BCUT2D eigenvalue weighted by Gasteiger charge is -2.35. The van der Waals surface area contributed by atoms with Crippen LogP contribution in [-0.2, 0) is 10.2 Å². The van der Waals surface area contributed by atoms with Gasteiger partial charge in [0.2, 0.25) is 0 Å². The van der Waals surface area contributed by atoms with Gasteiger partial charge >= 0.3 is 0 Å². The second-order valence-electron chi connectivity index (χ2n) is 4.82. The number of hydrogen-bond donors (Lipinski definition) is 1. The van der Waals surface area contributed by atoms with E-state index in [-0.39, 0.29) is 6.04 Å². The minimum atomic E-state index is -3.22. The predicted molar refractivity (Wildman–Crippen MR) is 68.0 cm³/mol. The number of nitrogens with one attached hydrogen (secondary N) is 1. The van der Waals surface area contributed by atoms with Gasteiger partial charge in [0.1, 0.15) is 0 Å². The molecule has 0 aromatic heterocycles. The van der Waals surface area contributed by atoms with E-state index in [1.54, 1.807) is 8.61 Å². The molecule has 0 saturated carbocycles. The van der Waals surface area contributed by atoms with Gasteiger partial charge in [-0.15, -0.1) is 0 Å². The Morgan fingerprint density at radius 3 is 2.53 bits per heavy atom. The number of nitrogens with zero attached hydrogens (tertiary/aromatic N) is 2. The third kappa shape index (κ3) is 2.81. The Morgan fingerprint density at radius 2 is 2.00 bits per heavy atom. The molecule has 2 saturated heterocycles. The summed E-state index contributed by atoms with van der Waals surface area (Å²) in [5.74, 6) is 0. The van der Waals surface area contributed by atoms with Gasteiger partial charge in [0.25, 0.3) is 10.2 Å². The van der Waals surface area contributed by atoms with Crippen molar-refractivity contribution in [3.8, 4) is 0 Å². The van der Waals surface area contributed by atoms with Crippen molar-refractivity contribution in [3.63, 3.8) is 0 Å². The SMILES string of the molecule is CCN(C1CCCNC1)S(=O)(=O)N1CCCC1. The molecule has 0 bridgehead atoms. The van der Waals surface area contributed by atoms with E-state index in [1.165, 1.54) is 0 Å². The molecule has 0 spiro atoms. The van der Waals surface area contributed by atoms with Gasteiger partial charge in [-0.05, 0) is 32.2 Å². The molecule has 0 aromatic carbocycles. The van der Waals surface area contributed by atoms with Crippen molar-refractivity contribution in [1.29, 1.82) is 0 Å². The summed E-state index contributed by atoms with van der Waals surface area (Å²) >= 11 is 0. The Morgan fingerprint density at radius 1 is 1.29 bits per heavy atom. The van der Waals surface area contributed by atoms with Crippen LogP contribution in [0.1, 0.15) is 32.6 Å². The summed E-state index contributed by atoms with van der Waals surface area (Å²) in [7, 11) is -3.22. The van der Waals surface area contributed by atoms with E-state index >= 15 is 0 Å². The van der Waals surface area contributed by atoms with Crippen LogP contribution in [0.2, 0.25) is 0 Å². The van der Waals surface area contributed by atoms with Crippen LogP contribution in [0.3, 0.4) is 0 Å². The van der Waals surface area contributed by atoms with Crippen molar-refractivity contribution in [2.75, 3.05) is 32.7 Å². The van der Waals surface area contributed by atoms with Crippen molar-refractivity contribution < 1.29 is 8.42 Å². The lowest BCUT2D eigenvalue weighted by molar-refractivity contribution is 0.257. The van der Waals surface area contributed by atoms with Crippen molar-refractivity contribution in [3.05, 3.63) is 0 Å². The molecule has 2 rings (SSSR count). The van der Waals surface area contributed by atoms with Crippen LogP contribution in [0.25, 0.3) is 0 Å². The Bertz CT molecular complexity index is 333. The van der Waals surface area contributed by atoms with E-state index in [9.17, 15) is 8.42 Å². The van der Waals surface area contributed by atoms with Gasteiger partial charge in [0.05, 0.1) is 0 Å². The maximum Gasteiger partial charge on any atom is 0.282 e. The Labute approximate surface area is 104 Å². The third-order valence-electron chi connectivity index (χ3n) is 3.68. The second-order valence-corrected chi connectivity index (χ2v) is 6.70. The minimum absolute atomic E-state index is 0.138. The summed E-state index contributed by atoms with van der Waals surface area (Å²) in [6, 6.07) is 0.138. The average Bonchev–Trinajstić information content (AvgIpc) is 2.85. The van der Waals surface area contributed by atoms with Crippen LogP contribution in [-0.4, -0.2) is 55.8 Å². The van der Waals surface area contributed by atoms with Crippen LogP contribution in [0, 0.1) is 0 Å². The normalized spacial score (nSPS) is 27.8. The first-order valence-corrected chi connectivity index (χ1v) is 8.03. The minimum Gasteiger partial charge on any atom is -0.315 e. The quantitative estimate of drug-likeness (QED) is 0.797. The molecule has 1 unspecified atom stereocenters. The van der Waals surface area contributed by atoms with Gasteiger partial charge in [0, 0.05) is 32.2 Å². The molecule has 0 radical (unpaired) electrons. The van der Waals surface area contributed by atoms with Crippen LogP contribution < -0.4 is 5.32 Å². The lowest BCUT2D eigenvalue weighted by atomic mass is 10.1. The first kappa shape index (κ1) is 13.3. The molecule has 2 fully saturated rings. The van der Waals surface area contributed by atoms with Crippen molar-refractivity contribution >= 4 is 10.2 Å². The topological polar surface area (TPSA) is 52.7 Å². The Balaban J connectivity index is 2.10. The Kier molecular flexibility index (Phi) is 4.41. The monoisotopic (exact) mass is 261 g/mol. The molecule has 0 aromatic rings. The first-order chi connectivity index (χ1) is 8.16. The fourth-order valence-corrected chi connectivity index (χ4v) is 4.66. The highest BCUT2D eigenvalue weighted by Crippen LogP contribution is 2.21. The predicted octanol–water partition coefficient (Wildman–Crippen LogP) is 0.401. The van der Waals surface area contributed by atoms with E-state index in [1.807, 2.05) is 6.92 Å². The van der Waals surface area contributed by atoms with Gasteiger partial charge in [0.15, 0.2) is 0 Å². The number of likely N-dealkylation sites (N-methyl/N-ethyl adjacent to an activating group) is 1. The molecule has 1 atom stereocenters. The maximum absolute atomic E-state index is 12.5. The summed E-state index contributed by atoms with van der Waals surface area (Å²) in [5, 5.41) is 3.29. The highest BCUT2D eigenvalue weighted by molar-refractivity contribution is 7.86. The van der Waals surface area contributed by atoms with E-state index in [4.69, 9.17) is 0 Å². The van der Waals surface area contributed by atoms with E-state index in [2.05, 4.69) is 5.32 Å². The second kappa shape index (κ2) is 5.65. The van der Waals surface area contributed by atoms with Crippen LogP contribution >= 0.6 is 0 Å². The summed E-state index contributed by atoms with van der Waals surface area (Å²) < 4.78 is 28.3. The van der Waals surface area contributed by atoms with Crippen molar-refractivity contribution in [2.45, 2.75) is 38.6 Å². The summed E-state index contributed by atoms with van der Waals surface area (Å²) in [6.07, 6.45) is 4.05. The smallest absolute Gasteiger partial charge is 0.282 e. The molecular weight excluding hydrogens is 238 g/mol. The number of hydrogen-bond acceptors (Lipinski definition) is 3. The van der Waals surface area contributed by atoms with Crippen molar-refractivity contribution in [2.24, 2.45) is 0 Å². The highest BCUT2D eigenvalue weighted by Gasteiger charge is 2.35. The largest absolute Gasteiger partial charge is 0.315 e. The first-order valence-electron chi connectivity index (χ1n) is 6.64. The van der Waals surface area contributed by atoms with Gasteiger partial charge in [-0.1, -0.05) is 6.92 Å². The van der Waals surface area contributed by atoms with Gasteiger partial charge in [-0.2, -0.15) is 17.0 Å². The van der Waals surface area contributed by atoms with E-state index < -0.39 is 10.2 Å². The van der Waals surface area contributed by atoms with Crippen LogP contribution in [0.15, 0.2) is 0 Å². The van der Waals surface area contributed by atoms with Gasteiger partial charge < -0.3 is 5.32 Å². The molecule has 5 nitrogen and oxygen atoms in total. The molecule has 2 aliphatic heterocycles. The fourth-order valence-electron chi connectivity index (χ4n) is 2.76. The summed E-state index contributed by atoms with van der Waals surface area (Å²) in [5.41, 5.74) is 0. The molecule has 2 aliphatic rings. The molecule has 17 heavy (non-hydrogen) atoms. The molecule has 100 valence electrons. The number of rotatable bonds is 4. The molecule has 0 aliphatic carbocycles. The van der Waals surface area contributed by atoms with E-state index in [0.29, 0.717) is 19.6 Å². The summed E-state index contributed by atoms with van der Waals surface area (Å²) in [4.78, 5) is 0. The molecular formula is C11H23N3O2S. The highest BCUT2D eigenvalue weighted by atomic mass is 32.2. The maximum atomic E-state index is 12.5. The standard InChI is InChI=1S/C11H23N3O2S/c1-2-14(11-6-5-7-12-10-11)17(15,16)13-8-3-4-9-13/h11-12H,2-10H2,1H3. The zero-order valence-corrected chi connectivity index (χ0v) is 11.4. The number of piperidine rings is 1.